The van der Waals surface area contributed by atoms with Crippen molar-refractivity contribution in [2.45, 2.75) is 324 Å². The maximum atomic E-state index is 13.1. The summed E-state index contributed by atoms with van der Waals surface area (Å²) in [7, 11) is 0. The highest BCUT2D eigenvalue weighted by molar-refractivity contribution is 5.76. The van der Waals surface area contributed by atoms with Crippen molar-refractivity contribution in [1.29, 1.82) is 0 Å². The van der Waals surface area contributed by atoms with Crippen LogP contribution in [0.25, 0.3) is 0 Å². The highest BCUT2D eigenvalue weighted by atomic mass is 16.8. The zero-order chi connectivity index (χ0) is 59.0. The fourth-order valence-electron chi connectivity index (χ4n) is 10.7. The third-order valence-electron chi connectivity index (χ3n) is 15.9. The lowest BCUT2D eigenvalue weighted by Crippen LogP contribution is -2.66. The van der Waals surface area contributed by atoms with Crippen molar-refractivity contribution in [2.75, 3.05) is 26.4 Å². The lowest BCUT2D eigenvalue weighted by atomic mass is 9.96. The zero-order valence-electron chi connectivity index (χ0n) is 49.5. The van der Waals surface area contributed by atoms with Gasteiger partial charge in [0, 0.05) is 6.42 Å². The molecule has 0 spiro atoms. The molecule has 3 fully saturated rings. The summed E-state index contributed by atoms with van der Waals surface area (Å²) in [6.45, 7) is 1.48. The molecule has 3 rings (SSSR count). The molecule has 0 aliphatic carbocycles. The van der Waals surface area contributed by atoms with Gasteiger partial charge in [-0.25, -0.2) is 0 Å². The van der Waals surface area contributed by atoms with E-state index in [9.17, 15) is 61.0 Å². The average Bonchev–Trinajstić information content (AvgIpc) is 3.58. The van der Waals surface area contributed by atoms with Gasteiger partial charge in [-0.05, 0) is 44.9 Å². The van der Waals surface area contributed by atoms with Crippen molar-refractivity contribution in [3.63, 3.8) is 0 Å². The second-order valence-corrected chi connectivity index (χ2v) is 22.9. The molecule has 0 aromatic heterocycles. The van der Waals surface area contributed by atoms with Gasteiger partial charge in [0.1, 0.15) is 73.2 Å². The van der Waals surface area contributed by atoms with E-state index in [1.54, 1.807) is 12.2 Å². The van der Waals surface area contributed by atoms with E-state index in [-0.39, 0.29) is 18.9 Å². The summed E-state index contributed by atoms with van der Waals surface area (Å²) in [6, 6.07) is -0.966. The fourth-order valence-corrected chi connectivity index (χ4v) is 10.7. The van der Waals surface area contributed by atoms with Gasteiger partial charge in [-0.1, -0.05) is 204 Å². The van der Waals surface area contributed by atoms with Crippen molar-refractivity contribution in [2.24, 2.45) is 0 Å². The number of carbonyl (C=O) groups excluding carboxylic acids is 1. The molecule has 19 nitrogen and oxygen atoms in total. The lowest BCUT2D eigenvalue weighted by Gasteiger charge is -2.48. The summed E-state index contributed by atoms with van der Waals surface area (Å²) in [6.07, 6.45) is 24.4. The second kappa shape index (κ2) is 45.3. The number of carbonyl (C=O) groups is 1. The molecule has 0 bridgehead atoms. The summed E-state index contributed by atoms with van der Waals surface area (Å²) in [4.78, 5) is 13.1. The van der Waals surface area contributed by atoms with E-state index < -0.39 is 124 Å². The minimum absolute atomic E-state index is 0.243. The van der Waals surface area contributed by atoms with Crippen LogP contribution < -0.4 is 5.32 Å². The van der Waals surface area contributed by atoms with Crippen LogP contribution in [0.1, 0.15) is 219 Å². The monoisotopic (exact) mass is 1160 g/mol. The number of nitrogens with one attached hydrogen (secondary N) is 1. The molecule has 3 saturated heterocycles. The highest BCUT2D eigenvalue weighted by Gasteiger charge is 2.53. The Morgan fingerprint density at radius 2 is 0.840 bits per heavy atom. The average molecular weight is 1160 g/mol. The molecular weight excluding hydrogens is 1050 g/mol. The van der Waals surface area contributed by atoms with Crippen LogP contribution in [0, 0.1) is 0 Å². The maximum absolute atomic E-state index is 13.1. The van der Waals surface area contributed by atoms with E-state index >= 15 is 0 Å². The lowest BCUT2D eigenvalue weighted by molar-refractivity contribution is -0.379. The molecule has 474 valence electrons. The molecule has 3 heterocycles. The predicted molar refractivity (Wildman–Crippen MR) is 309 cm³/mol. The Kier molecular flexibility index (Phi) is 41.0. The van der Waals surface area contributed by atoms with Crippen molar-refractivity contribution < 1.29 is 89.4 Å². The van der Waals surface area contributed by atoms with Gasteiger partial charge in [0.15, 0.2) is 18.9 Å². The van der Waals surface area contributed by atoms with Gasteiger partial charge in [0.05, 0.1) is 38.6 Å². The van der Waals surface area contributed by atoms with Crippen LogP contribution in [0.4, 0.5) is 0 Å². The number of ether oxygens (including phenoxy) is 6. The maximum Gasteiger partial charge on any atom is 0.220 e. The minimum Gasteiger partial charge on any atom is -0.394 e. The molecule has 19 heteroatoms. The number of hydrogen-bond acceptors (Lipinski definition) is 18. The van der Waals surface area contributed by atoms with Crippen molar-refractivity contribution >= 4 is 5.91 Å². The SMILES string of the molecule is CCC/C=C/C(O)C(COC1OC(CO)C(OC2OC(CO)C(OC3OC(CO)C(O)C(O)C3O)C(O)C2O)C(O)C1O)NC(=O)CCCCCCCCCCCCCCCCCCCCCCC/C=C\C/C=C\CCCCCCC. The van der Waals surface area contributed by atoms with E-state index in [1.165, 1.54) is 154 Å². The summed E-state index contributed by atoms with van der Waals surface area (Å²) in [5.41, 5.74) is 0. The van der Waals surface area contributed by atoms with E-state index in [1.807, 2.05) is 6.92 Å². The second-order valence-electron chi connectivity index (χ2n) is 22.9. The predicted octanol–water partition coefficient (Wildman–Crippen LogP) is 6.49. The number of unbranched alkanes of at least 4 members (excludes halogenated alkanes) is 27. The van der Waals surface area contributed by atoms with E-state index in [4.69, 9.17) is 28.4 Å². The molecule has 1 amide bonds. The molecule has 17 atom stereocenters. The first-order valence-corrected chi connectivity index (χ1v) is 31.7. The van der Waals surface area contributed by atoms with Gasteiger partial charge < -0.3 is 89.9 Å². The molecule has 0 saturated carbocycles. The number of amides is 1. The topological polar surface area (TPSA) is 307 Å². The van der Waals surface area contributed by atoms with Crippen molar-refractivity contribution in [3.8, 4) is 0 Å². The summed E-state index contributed by atoms with van der Waals surface area (Å²) in [5, 5.41) is 119. The van der Waals surface area contributed by atoms with Gasteiger partial charge >= 0.3 is 0 Å². The first-order valence-electron chi connectivity index (χ1n) is 31.7. The fraction of sp³-hybridized carbons (Fsp3) is 0.887. The summed E-state index contributed by atoms with van der Waals surface area (Å²) >= 11 is 0. The molecular formula is C62H113NO18. The Labute approximate surface area is 485 Å². The zero-order valence-corrected chi connectivity index (χ0v) is 49.5. The molecule has 12 N–H and O–H groups in total. The van der Waals surface area contributed by atoms with Gasteiger partial charge in [0.25, 0.3) is 0 Å². The largest absolute Gasteiger partial charge is 0.394 e. The van der Waals surface area contributed by atoms with Crippen LogP contribution in [-0.4, -0.2) is 193 Å². The van der Waals surface area contributed by atoms with Crippen LogP contribution >= 0.6 is 0 Å². The van der Waals surface area contributed by atoms with Crippen LogP contribution in [0.5, 0.6) is 0 Å². The van der Waals surface area contributed by atoms with Gasteiger partial charge in [-0.3, -0.25) is 4.79 Å². The Morgan fingerprint density at radius 1 is 0.444 bits per heavy atom. The van der Waals surface area contributed by atoms with Crippen molar-refractivity contribution in [3.05, 3.63) is 36.5 Å². The molecule has 81 heavy (non-hydrogen) atoms. The Morgan fingerprint density at radius 3 is 1.28 bits per heavy atom. The molecule has 0 aromatic rings. The van der Waals surface area contributed by atoms with E-state index in [0.717, 1.165) is 32.1 Å². The number of aliphatic hydroxyl groups is 11. The van der Waals surface area contributed by atoms with Crippen LogP contribution in [0.2, 0.25) is 0 Å². The Bertz CT molecular complexity index is 1620. The summed E-state index contributed by atoms with van der Waals surface area (Å²) < 4.78 is 34.0. The molecule has 17 unspecified atom stereocenters. The normalized spacial score (nSPS) is 30.0. The number of aliphatic hydroxyl groups excluding tert-OH is 11. The third kappa shape index (κ3) is 28.8. The first kappa shape index (κ1) is 73.3. The number of allylic oxidation sites excluding steroid dienone is 5. The summed E-state index contributed by atoms with van der Waals surface area (Å²) in [5.74, 6) is -0.286. The molecule has 3 aliphatic heterocycles. The molecule has 0 aromatic carbocycles. The number of rotatable bonds is 47. The standard InChI is InChI=1S/C62H113NO18/c1-3-5-7-8-9-10-11-12-13-14-15-16-17-18-19-20-21-22-23-24-25-26-27-28-29-30-31-32-33-34-35-36-38-40-50(68)63-45(46(67)39-37-6-4-2)44-76-60-56(74)53(71)58(48(42-65)78-60)81-62-57(75)54(72)59(49(43-66)79-62)80-61-55(73)52(70)51(69)47(41-64)77-61/h11-12,14-15,37,39,45-49,51-62,64-67,69-75H,3-10,13,16-36,38,40-44H2,1-2H3,(H,63,68)/b12-11-,15-14-,39-37+. The van der Waals surface area contributed by atoms with Gasteiger partial charge in [0.2, 0.25) is 5.91 Å². The van der Waals surface area contributed by atoms with Crippen molar-refractivity contribution in [1.82, 2.24) is 5.32 Å². The first-order chi connectivity index (χ1) is 39.3. The van der Waals surface area contributed by atoms with Crippen LogP contribution in [0.3, 0.4) is 0 Å². The quantitative estimate of drug-likeness (QED) is 0.0229. The third-order valence-corrected chi connectivity index (χ3v) is 15.9. The Hall–Kier alpha value is -1.99. The van der Waals surface area contributed by atoms with Gasteiger partial charge in [-0.15, -0.1) is 0 Å². The highest BCUT2D eigenvalue weighted by Crippen LogP contribution is 2.33. The molecule has 3 aliphatic rings. The smallest absolute Gasteiger partial charge is 0.220 e. The van der Waals surface area contributed by atoms with Crippen LogP contribution in [-0.2, 0) is 33.2 Å². The van der Waals surface area contributed by atoms with E-state index in [0.29, 0.717) is 12.8 Å². The number of hydrogen-bond donors (Lipinski definition) is 12. The Balaban J connectivity index is 1.25. The van der Waals surface area contributed by atoms with Crippen LogP contribution in [0.15, 0.2) is 36.5 Å². The molecule has 0 radical (unpaired) electrons. The minimum atomic E-state index is -1.97. The van der Waals surface area contributed by atoms with E-state index in [2.05, 4.69) is 36.5 Å². The van der Waals surface area contributed by atoms with Gasteiger partial charge in [-0.2, -0.15) is 0 Å².